The molecule has 0 spiro atoms. The second-order valence-electron chi connectivity index (χ2n) is 6.55. The van der Waals surface area contributed by atoms with Gasteiger partial charge in [-0.05, 0) is 41.3 Å². The quantitative estimate of drug-likeness (QED) is 0.643. The Morgan fingerprint density at radius 1 is 0.857 bits per heavy atom. The fourth-order valence-electron chi connectivity index (χ4n) is 2.79. The summed E-state index contributed by atoms with van der Waals surface area (Å²) in [6.45, 7) is 1.81. The van der Waals surface area contributed by atoms with Crippen LogP contribution >= 0.6 is 11.6 Å². The molecule has 0 fully saturated rings. The maximum atomic E-state index is 12.1. The van der Waals surface area contributed by atoms with Crippen LogP contribution < -0.4 is 10.6 Å². The van der Waals surface area contributed by atoms with Crippen molar-refractivity contribution in [3.63, 3.8) is 0 Å². The van der Waals surface area contributed by atoms with Crippen LogP contribution in [0.5, 0.6) is 0 Å². The van der Waals surface area contributed by atoms with E-state index in [1.165, 1.54) is 0 Å². The van der Waals surface area contributed by atoms with Crippen molar-refractivity contribution in [2.45, 2.75) is 13.3 Å². The Balaban J connectivity index is 1.49. The van der Waals surface area contributed by atoms with Crippen LogP contribution in [0, 0.1) is 6.92 Å². The molecule has 0 radical (unpaired) electrons. The van der Waals surface area contributed by atoms with Crippen LogP contribution in [0.2, 0.25) is 5.02 Å². The molecule has 5 heteroatoms. The normalized spacial score (nSPS) is 10.4. The Morgan fingerprint density at radius 3 is 2.21 bits per heavy atom. The molecule has 0 unspecified atom stereocenters. The van der Waals surface area contributed by atoms with Crippen LogP contribution in [0.25, 0.3) is 11.1 Å². The number of hydrogen-bond donors (Lipinski definition) is 2. The van der Waals surface area contributed by atoms with Gasteiger partial charge in [0.05, 0.1) is 23.7 Å². The Bertz CT molecular complexity index is 970. The molecule has 0 aliphatic carbocycles. The number of halogens is 1. The predicted octanol–water partition coefficient (Wildman–Crippen LogP) is 4.61. The number of aryl methyl sites for hydroxylation is 1. The van der Waals surface area contributed by atoms with Crippen molar-refractivity contribution in [3.05, 3.63) is 88.9 Å². The molecule has 142 valence electrons. The van der Waals surface area contributed by atoms with Crippen LogP contribution in [-0.2, 0) is 16.0 Å². The van der Waals surface area contributed by atoms with E-state index < -0.39 is 0 Å². The third-order valence-electron chi connectivity index (χ3n) is 4.27. The third kappa shape index (κ3) is 5.44. The summed E-state index contributed by atoms with van der Waals surface area (Å²) in [5.74, 6) is -0.531. The lowest BCUT2D eigenvalue weighted by Gasteiger charge is -2.09. The van der Waals surface area contributed by atoms with Crippen LogP contribution in [0.4, 0.5) is 5.69 Å². The highest BCUT2D eigenvalue weighted by Crippen LogP contribution is 2.22. The molecule has 0 atom stereocenters. The van der Waals surface area contributed by atoms with Crippen molar-refractivity contribution in [3.8, 4) is 11.1 Å². The largest absolute Gasteiger partial charge is 0.347 e. The molecule has 28 heavy (non-hydrogen) atoms. The molecule has 0 aliphatic rings. The predicted molar refractivity (Wildman–Crippen MR) is 113 cm³/mol. The van der Waals surface area contributed by atoms with Gasteiger partial charge < -0.3 is 10.6 Å². The lowest BCUT2D eigenvalue weighted by Crippen LogP contribution is -2.33. The second-order valence-corrected chi connectivity index (χ2v) is 6.96. The van der Waals surface area contributed by atoms with Gasteiger partial charge in [0.1, 0.15) is 0 Å². The van der Waals surface area contributed by atoms with E-state index in [9.17, 15) is 9.59 Å². The van der Waals surface area contributed by atoms with E-state index in [1.807, 2.05) is 67.6 Å². The zero-order valence-electron chi connectivity index (χ0n) is 15.5. The maximum absolute atomic E-state index is 12.1. The Kier molecular flexibility index (Phi) is 6.45. The van der Waals surface area contributed by atoms with Gasteiger partial charge in [-0.3, -0.25) is 9.59 Å². The van der Waals surface area contributed by atoms with E-state index in [2.05, 4.69) is 10.6 Å². The number of hydrogen-bond acceptors (Lipinski definition) is 2. The lowest BCUT2D eigenvalue weighted by atomic mass is 10.0. The van der Waals surface area contributed by atoms with E-state index in [0.29, 0.717) is 10.7 Å². The minimum Gasteiger partial charge on any atom is -0.347 e. The Hall–Kier alpha value is -3.11. The smallest absolute Gasteiger partial charge is 0.243 e. The summed E-state index contributed by atoms with van der Waals surface area (Å²) in [5.41, 5.74) is 4.65. The van der Waals surface area contributed by atoms with Crippen molar-refractivity contribution in [1.29, 1.82) is 0 Å². The Labute approximate surface area is 169 Å². The zero-order chi connectivity index (χ0) is 19.9. The van der Waals surface area contributed by atoms with Gasteiger partial charge in [0.25, 0.3) is 0 Å². The van der Waals surface area contributed by atoms with Gasteiger partial charge in [0.15, 0.2) is 0 Å². The third-order valence-corrected chi connectivity index (χ3v) is 4.58. The van der Waals surface area contributed by atoms with Crippen molar-refractivity contribution in [1.82, 2.24) is 5.32 Å². The zero-order valence-corrected chi connectivity index (χ0v) is 16.3. The number of carbonyl (C=O) groups is 2. The van der Waals surface area contributed by atoms with Gasteiger partial charge in [-0.2, -0.15) is 0 Å². The SMILES string of the molecule is Cc1ccc(NC(=O)CNC(=O)Cc2ccc(-c3ccccc3)cc2)c(Cl)c1. The molecule has 0 saturated heterocycles. The highest BCUT2D eigenvalue weighted by molar-refractivity contribution is 6.33. The van der Waals surface area contributed by atoms with Crippen molar-refractivity contribution in [2.75, 3.05) is 11.9 Å². The summed E-state index contributed by atoms with van der Waals surface area (Å²) in [7, 11) is 0. The molecule has 4 nitrogen and oxygen atoms in total. The van der Waals surface area contributed by atoms with Gasteiger partial charge in [-0.25, -0.2) is 0 Å². The molecule has 3 aromatic rings. The molecular weight excluding hydrogens is 372 g/mol. The van der Waals surface area contributed by atoms with E-state index in [4.69, 9.17) is 11.6 Å². The number of anilines is 1. The molecule has 2 amide bonds. The monoisotopic (exact) mass is 392 g/mol. The van der Waals surface area contributed by atoms with E-state index >= 15 is 0 Å². The molecule has 0 heterocycles. The maximum Gasteiger partial charge on any atom is 0.243 e. The van der Waals surface area contributed by atoms with Crippen LogP contribution in [0.3, 0.4) is 0 Å². The van der Waals surface area contributed by atoms with Crippen LogP contribution in [-0.4, -0.2) is 18.4 Å². The Morgan fingerprint density at radius 2 is 1.54 bits per heavy atom. The summed E-state index contributed by atoms with van der Waals surface area (Å²) in [4.78, 5) is 24.1. The van der Waals surface area contributed by atoms with Gasteiger partial charge in [0.2, 0.25) is 11.8 Å². The molecule has 2 N–H and O–H groups in total. The average Bonchev–Trinajstić information content (AvgIpc) is 2.70. The number of benzene rings is 3. The first-order valence-electron chi connectivity index (χ1n) is 8.98. The van der Waals surface area contributed by atoms with Gasteiger partial charge in [-0.15, -0.1) is 0 Å². The van der Waals surface area contributed by atoms with Gasteiger partial charge >= 0.3 is 0 Å². The summed E-state index contributed by atoms with van der Waals surface area (Å²) >= 11 is 6.10. The van der Waals surface area contributed by atoms with Gasteiger partial charge in [-0.1, -0.05) is 72.3 Å². The minimum absolute atomic E-state index is 0.106. The molecule has 3 rings (SSSR count). The first-order valence-corrected chi connectivity index (χ1v) is 9.36. The lowest BCUT2D eigenvalue weighted by molar-refractivity contribution is -0.123. The van der Waals surface area contributed by atoms with E-state index in [1.54, 1.807) is 12.1 Å². The molecular formula is C23H21ClN2O2. The molecule has 0 bridgehead atoms. The van der Waals surface area contributed by atoms with Gasteiger partial charge in [0, 0.05) is 0 Å². The highest BCUT2D eigenvalue weighted by Gasteiger charge is 2.09. The summed E-state index contributed by atoms with van der Waals surface area (Å²) in [6.07, 6.45) is 0.216. The topological polar surface area (TPSA) is 58.2 Å². The summed E-state index contributed by atoms with van der Waals surface area (Å²) in [5, 5.41) is 5.80. The summed E-state index contributed by atoms with van der Waals surface area (Å²) < 4.78 is 0. The second kappa shape index (κ2) is 9.20. The van der Waals surface area contributed by atoms with Crippen molar-refractivity contribution < 1.29 is 9.59 Å². The molecule has 0 aromatic heterocycles. The van der Waals surface area contributed by atoms with Crippen molar-refractivity contribution >= 4 is 29.1 Å². The highest BCUT2D eigenvalue weighted by atomic mass is 35.5. The molecule has 0 aliphatic heterocycles. The standard InChI is InChI=1S/C23H21ClN2O2/c1-16-7-12-21(20(24)13-16)26-23(28)15-25-22(27)14-17-8-10-19(11-9-17)18-5-3-2-4-6-18/h2-13H,14-15H2,1H3,(H,25,27)(H,26,28). The first-order chi connectivity index (χ1) is 13.5. The summed E-state index contributed by atoms with van der Waals surface area (Å²) in [6, 6.07) is 23.2. The van der Waals surface area contributed by atoms with E-state index in [0.717, 1.165) is 22.3 Å². The number of carbonyl (C=O) groups excluding carboxylic acids is 2. The molecule has 0 saturated carbocycles. The fraction of sp³-hybridized carbons (Fsp3) is 0.130. The minimum atomic E-state index is -0.321. The first kappa shape index (κ1) is 19.6. The number of amides is 2. The number of nitrogens with one attached hydrogen (secondary N) is 2. The number of rotatable bonds is 6. The van der Waals surface area contributed by atoms with Crippen LogP contribution in [0.1, 0.15) is 11.1 Å². The average molecular weight is 393 g/mol. The van der Waals surface area contributed by atoms with Crippen LogP contribution in [0.15, 0.2) is 72.8 Å². The van der Waals surface area contributed by atoms with Crippen molar-refractivity contribution in [2.24, 2.45) is 0 Å². The molecule has 3 aromatic carbocycles. The van der Waals surface area contributed by atoms with E-state index in [-0.39, 0.29) is 24.8 Å². The fourth-order valence-corrected chi connectivity index (χ4v) is 3.07.